The zero-order valence-electron chi connectivity index (χ0n) is 11.1. The van der Waals surface area contributed by atoms with Gasteiger partial charge in [0, 0.05) is 14.1 Å². The second-order valence-corrected chi connectivity index (χ2v) is 5.27. The van der Waals surface area contributed by atoms with E-state index in [0.29, 0.717) is 15.2 Å². The molecule has 0 saturated heterocycles. The maximum absolute atomic E-state index is 11.9. The minimum absolute atomic E-state index is 0.276. The van der Waals surface area contributed by atoms with Crippen LogP contribution in [0.2, 0.25) is 5.02 Å². The molecule has 0 radical (unpaired) electrons. The fraction of sp³-hybridized carbons (Fsp3) is 0.273. The van der Waals surface area contributed by atoms with Crippen molar-refractivity contribution in [2.45, 2.75) is 6.92 Å². The monoisotopic (exact) mass is 358 g/mol. The first-order valence-corrected chi connectivity index (χ1v) is 6.79. The number of rotatable bonds is 3. The van der Waals surface area contributed by atoms with Gasteiger partial charge in [0.1, 0.15) is 0 Å². The maximum Gasteiger partial charge on any atom is 0.293 e. The van der Waals surface area contributed by atoms with Gasteiger partial charge < -0.3 is 0 Å². The predicted molar refractivity (Wildman–Crippen MR) is 78.9 cm³/mol. The summed E-state index contributed by atoms with van der Waals surface area (Å²) in [5.41, 5.74) is 4.13. The van der Waals surface area contributed by atoms with Crippen molar-refractivity contribution in [2.24, 2.45) is 19.2 Å². The number of amides is 1. The molecule has 9 heteroatoms. The van der Waals surface area contributed by atoms with Crippen molar-refractivity contribution in [3.63, 3.8) is 0 Å². The number of hydrazone groups is 1. The molecule has 0 spiro atoms. The van der Waals surface area contributed by atoms with Gasteiger partial charge in [0.05, 0.1) is 33.3 Å². The summed E-state index contributed by atoms with van der Waals surface area (Å²) in [6.45, 7) is 1.85. The van der Waals surface area contributed by atoms with Gasteiger partial charge in [0.2, 0.25) is 0 Å². The number of aromatic nitrogens is 4. The highest BCUT2D eigenvalue weighted by molar-refractivity contribution is 9.10. The van der Waals surface area contributed by atoms with E-state index in [4.69, 9.17) is 11.6 Å². The molecule has 0 aliphatic rings. The lowest BCUT2D eigenvalue weighted by molar-refractivity contribution is 0.0948. The van der Waals surface area contributed by atoms with Gasteiger partial charge in [0.25, 0.3) is 5.91 Å². The molecular weight excluding hydrogens is 348 g/mol. The van der Waals surface area contributed by atoms with Crippen molar-refractivity contribution in [1.82, 2.24) is 25.0 Å². The summed E-state index contributed by atoms with van der Waals surface area (Å²) >= 11 is 9.24. The Labute approximate surface area is 128 Å². The van der Waals surface area contributed by atoms with Gasteiger partial charge >= 0.3 is 0 Å². The Bertz CT molecular complexity index is 670. The van der Waals surface area contributed by atoms with E-state index in [1.54, 1.807) is 23.5 Å². The zero-order valence-corrected chi connectivity index (χ0v) is 13.4. The molecule has 0 bridgehead atoms. The number of aryl methyl sites for hydroxylation is 2. The molecule has 106 valence electrons. The van der Waals surface area contributed by atoms with Crippen LogP contribution in [-0.2, 0) is 14.1 Å². The normalized spacial score (nSPS) is 11.2. The molecule has 2 aromatic heterocycles. The van der Waals surface area contributed by atoms with Crippen LogP contribution >= 0.6 is 27.5 Å². The minimum atomic E-state index is -0.407. The first kappa shape index (κ1) is 14.7. The Morgan fingerprint density at radius 2 is 2.20 bits per heavy atom. The summed E-state index contributed by atoms with van der Waals surface area (Å²) in [6.07, 6.45) is 2.93. The van der Waals surface area contributed by atoms with Crippen LogP contribution in [0, 0.1) is 6.92 Å². The number of hydrogen-bond donors (Lipinski definition) is 1. The van der Waals surface area contributed by atoms with Crippen LogP contribution in [0.25, 0.3) is 0 Å². The van der Waals surface area contributed by atoms with Gasteiger partial charge in [0.15, 0.2) is 5.69 Å². The summed E-state index contributed by atoms with van der Waals surface area (Å²) in [6, 6.07) is 0. The van der Waals surface area contributed by atoms with E-state index in [1.165, 1.54) is 12.4 Å². The molecule has 20 heavy (non-hydrogen) atoms. The average molecular weight is 360 g/mol. The lowest BCUT2D eigenvalue weighted by Gasteiger charge is -1.97. The summed E-state index contributed by atoms with van der Waals surface area (Å²) in [5, 5.41) is 12.4. The molecule has 0 saturated carbocycles. The van der Waals surface area contributed by atoms with Crippen LogP contribution in [0.15, 0.2) is 15.8 Å². The molecule has 1 N–H and O–H groups in total. The molecule has 0 fully saturated rings. The van der Waals surface area contributed by atoms with Crippen LogP contribution in [-0.4, -0.2) is 31.7 Å². The Balaban J connectivity index is 2.11. The van der Waals surface area contributed by atoms with Crippen LogP contribution < -0.4 is 5.43 Å². The number of nitrogens with zero attached hydrogens (tertiary/aromatic N) is 5. The van der Waals surface area contributed by atoms with E-state index >= 15 is 0 Å². The number of halogens is 2. The lowest BCUT2D eigenvalue weighted by atomic mass is 10.3. The second-order valence-electron chi connectivity index (χ2n) is 4.07. The molecule has 2 heterocycles. The summed E-state index contributed by atoms with van der Waals surface area (Å²) in [7, 11) is 3.49. The molecule has 0 unspecified atom stereocenters. The van der Waals surface area contributed by atoms with Crippen LogP contribution in [0.4, 0.5) is 0 Å². The first-order valence-electron chi connectivity index (χ1n) is 5.61. The van der Waals surface area contributed by atoms with Gasteiger partial charge in [-0.25, -0.2) is 5.43 Å². The van der Waals surface area contributed by atoms with Crippen molar-refractivity contribution in [1.29, 1.82) is 0 Å². The standard InChI is InChI=1S/C11H12BrClN6O/c1-6-9(12)10(17-18(6)2)11(20)16-14-5-8-7(13)4-15-19(8)3/h4-5H,1-3H3,(H,16,20)/b14-5-. The van der Waals surface area contributed by atoms with Crippen LogP contribution in [0.3, 0.4) is 0 Å². The number of carbonyl (C=O) groups is 1. The highest BCUT2D eigenvalue weighted by Crippen LogP contribution is 2.19. The van der Waals surface area contributed by atoms with E-state index in [9.17, 15) is 4.79 Å². The lowest BCUT2D eigenvalue weighted by Crippen LogP contribution is -2.19. The van der Waals surface area contributed by atoms with Gasteiger partial charge in [-0.05, 0) is 22.9 Å². The number of hydrogen-bond acceptors (Lipinski definition) is 4. The molecule has 2 aromatic rings. The van der Waals surface area contributed by atoms with Gasteiger partial charge in [-0.15, -0.1) is 0 Å². The molecule has 0 atom stereocenters. The van der Waals surface area contributed by atoms with E-state index in [1.807, 2.05) is 6.92 Å². The second kappa shape index (κ2) is 5.76. The van der Waals surface area contributed by atoms with E-state index < -0.39 is 5.91 Å². The average Bonchev–Trinajstić information content (AvgIpc) is 2.86. The van der Waals surface area contributed by atoms with Crippen LogP contribution in [0.5, 0.6) is 0 Å². The molecule has 0 aliphatic heterocycles. The van der Waals surface area contributed by atoms with Crippen molar-refractivity contribution < 1.29 is 4.79 Å². The fourth-order valence-electron chi connectivity index (χ4n) is 1.50. The van der Waals surface area contributed by atoms with Crippen molar-refractivity contribution in [2.75, 3.05) is 0 Å². The smallest absolute Gasteiger partial charge is 0.271 e. The summed E-state index contributed by atoms with van der Waals surface area (Å²) in [4.78, 5) is 11.9. The molecular formula is C11H12BrClN6O. The Hall–Kier alpha value is -1.67. The summed E-state index contributed by atoms with van der Waals surface area (Å²) in [5.74, 6) is -0.407. The third-order valence-electron chi connectivity index (χ3n) is 2.77. The Kier molecular flexibility index (Phi) is 4.24. The quantitative estimate of drug-likeness (QED) is 0.668. The summed E-state index contributed by atoms with van der Waals surface area (Å²) < 4.78 is 3.81. The zero-order chi connectivity index (χ0) is 14.9. The fourth-order valence-corrected chi connectivity index (χ4v) is 2.23. The molecule has 2 rings (SSSR count). The highest BCUT2D eigenvalue weighted by atomic mass is 79.9. The number of carbonyl (C=O) groups excluding carboxylic acids is 1. The third kappa shape index (κ3) is 2.75. The molecule has 0 aliphatic carbocycles. The van der Waals surface area contributed by atoms with Crippen molar-refractivity contribution in [3.8, 4) is 0 Å². The topological polar surface area (TPSA) is 77.1 Å². The SMILES string of the molecule is Cc1c(Br)c(C(=O)N/N=C\c2c(Cl)cnn2C)nn1C. The predicted octanol–water partition coefficient (Wildman–Crippen LogP) is 1.64. The van der Waals surface area contributed by atoms with Crippen LogP contribution in [0.1, 0.15) is 21.9 Å². The van der Waals surface area contributed by atoms with Gasteiger partial charge in [-0.2, -0.15) is 15.3 Å². The highest BCUT2D eigenvalue weighted by Gasteiger charge is 2.17. The minimum Gasteiger partial charge on any atom is -0.271 e. The van der Waals surface area contributed by atoms with E-state index in [0.717, 1.165) is 5.69 Å². The maximum atomic E-state index is 11.9. The van der Waals surface area contributed by atoms with Crippen molar-refractivity contribution >= 4 is 39.7 Å². The molecule has 0 aromatic carbocycles. The number of nitrogens with one attached hydrogen (secondary N) is 1. The first-order chi connectivity index (χ1) is 9.41. The molecule has 7 nitrogen and oxygen atoms in total. The Morgan fingerprint density at radius 3 is 2.70 bits per heavy atom. The molecule has 1 amide bonds. The third-order valence-corrected chi connectivity index (χ3v) is 4.01. The van der Waals surface area contributed by atoms with Crippen molar-refractivity contribution in [3.05, 3.63) is 32.8 Å². The largest absolute Gasteiger partial charge is 0.293 e. The van der Waals surface area contributed by atoms with E-state index in [2.05, 4.69) is 36.7 Å². The van der Waals surface area contributed by atoms with E-state index in [-0.39, 0.29) is 5.69 Å². The van der Waals surface area contributed by atoms with Gasteiger partial charge in [-0.3, -0.25) is 14.2 Å². The van der Waals surface area contributed by atoms with Gasteiger partial charge in [-0.1, -0.05) is 11.6 Å². The Morgan fingerprint density at radius 1 is 1.50 bits per heavy atom.